The number of carbonyl (C=O) groups excluding carboxylic acids is 1. The van der Waals surface area contributed by atoms with Crippen LogP contribution in [0.3, 0.4) is 0 Å². The molecule has 24 heavy (non-hydrogen) atoms. The Morgan fingerprint density at radius 1 is 1.38 bits per heavy atom. The van der Waals surface area contributed by atoms with Gasteiger partial charge in [0, 0.05) is 37.0 Å². The van der Waals surface area contributed by atoms with Crippen LogP contribution in [0.1, 0.15) is 6.92 Å². The molecule has 1 aromatic heterocycles. The SMILES string of the molecule is C[C@H]1CN(C(=O)Cn2cc(-c3ccc([N+](=O)[O-])cc3)cn2)CCO1. The van der Waals surface area contributed by atoms with E-state index in [1.54, 1.807) is 34.1 Å². The second kappa shape index (κ2) is 6.79. The molecule has 1 fully saturated rings. The molecular weight excluding hydrogens is 312 g/mol. The Morgan fingerprint density at radius 2 is 2.12 bits per heavy atom. The number of nitrogens with zero attached hydrogens (tertiary/aromatic N) is 4. The number of rotatable bonds is 4. The van der Waals surface area contributed by atoms with Crippen molar-refractivity contribution < 1.29 is 14.5 Å². The van der Waals surface area contributed by atoms with Crippen LogP contribution in [0.15, 0.2) is 36.7 Å². The molecule has 0 aliphatic carbocycles. The molecule has 0 spiro atoms. The molecule has 126 valence electrons. The molecule has 1 aliphatic heterocycles. The van der Waals surface area contributed by atoms with Gasteiger partial charge in [0.2, 0.25) is 5.91 Å². The van der Waals surface area contributed by atoms with Crippen molar-refractivity contribution in [3.63, 3.8) is 0 Å². The molecule has 8 nitrogen and oxygen atoms in total. The van der Waals surface area contributed by atoms with Gasteiger partial charge >= 0.3 is 0 Å². The van der Waals surface area contributed by atoms with Gasteiger partial charge in [0.25, 0.3) is 5.69 Å². The van der Waals surface area contributed by atoms with Gasteiger partial charge in [-0.15, -0.1) is 0 Å². The van der Waals surface area contributed by atoms with Crippen LogP contribution in [0, 0.1) is 10.1 Å². The zero-order chi connectivity index (χ0) is 17.1. The molecule has 2 heterocycles. The van der Waals surface area contributed by atoms with E-state index in [1.807, 2.05) is 6.92 Å². The van der Waals surface area contributed by atoms with Crippen molar-refractivity contribution in [3.8, 4) is 11.1 Å². The average Bonchev–Trinajstić information content (AvgIpc) is 3.03. The van der Waals surface area contributed by atoms with Crippen LogP contribution < -0.4 is 0 Å². The highest BCUT2D eigenvalue weighted by Crippen LogP contribution is 2.21. The summed E-state index contributed by atoms with van der Waals surface area (Å²) in [6, 6.07) is 6.25. The molecule has 2 aromatic rings. The number of nitro benzene ring substituents is 1. The third-order valence-corrected chi connectivity index (χ3v) is 3.94. The fourth-order valence-corrected chi connectivity index (χ4v) is 2.66. The summed E-state index contributed by atoms with van der Waals surface area (Å²) in [5.74, 6) is 0.00324. The predicted octanol–water partition coefficient (Wildman–Crippen LogP) is 1.71. The van der Waals surface area contributed by atoms with Gasteiger partial charge < -0.3 is 9.64 Å². The quantitative estimate of drug-likeness (QED) is 0.629. The number of non-ortho nitro benzene ring substituents is 1. The summed E-state index contributed by atoms with van der Waals surface area (Å²) in [6.45, 7) is 3.86. The summed E-state index contributed by atoms with van der Waals surface area (Å²) >= 11 is 0. The number of hydrogen-bond acceptors (Lipinski definition) is 5. The zero-order valence-electron chi connectivity index (χ0n) is 13.3. The highest BCUT2D eigenvalue weighted by molar-refractivity contribution is 5.76. The molecule has 0 unspecified atom stereocenters. The number of ether oxygens (including phenoxy) is 1. The second-order valence-electron chi connectivity index (χ2n) is 5.75. The molecular formula is C16H18N4O4. The number of nitro groups is 1. The molecule has 1 atom stereocenters. The first-order valence-electron chi connectivity index (χ1n) is 7.69. The summed E-state index contributed by atoms with van der Waals surface area (Å²) in [5.41, 5.74) is 1.68. The maximum atomic E-state index is 12.3. The van der Waals surface area contributed by atoms with E-state index in [9.17, 15) is 14.9 Å². The third kappa shape index (κ3) is 3.60. The second-order valence-corrected chi connectivity index (χ2v) is 5.75. The zero-order valence-corrected chi connectivity index (χ0v) is 13.3. The Bertz CT molecular complexity index is 741. The molecule has 3 rings (SSSR count). The first-order chi connectivity index (χ1) is 11.5. The summed E-state index contributed by atoms with van der Waals surface area (Å²) in [5, 5.41) is 14.9. The van der Waals surface area contributed by atoms with Gasteiger partial charge in [-0.05, 0) is 24.6 Å². The van der Waals surface area contributed by atoms with Crippen molar-refractivity contribution in [3.05, 3.63) is 46.8 Å². The highest BCUT2D eigenvalue weighted by atomic mass is 16.6. The average molecular weight is 330 g/mol. The van der Waals surface area contributed by atoms with Gasteiger partial charge in [-0.25, -0.2) is 0 Å². The van der Waals surface area contributed by atoms with E-state index in [4.69, 9.17) is 4.74 Å². The fourth-order valence-electron chi connectivity index (χ4n) is 2.66. The maximum Gasteiger partial charge on any atom is 0.269 e. The lowest BCUT2D eigenvalue weighted by Gasteiger charge is -2.31. The van der Waals surface area contributed by atoms with Crippen molar-refractivity contribution in [1.29, 1.82) is 0 Å². The van der Waals surface area contributed by atoms with Crippen LogP contribution in [-0.2, 0) is 16.1 Å². The van der Waals surface area contributed by atoms with Gasteiger partial charge in [0.05, 0.1) is 23.8 Å². The van der Waals surface area contributed by atoms with Gasteiger partial charge in [0.1, 0.15) is 6.54 Å². The summed E-state index contributed by atoms with van der Waals surface area (Å²) in [6.07, 6.45) is 3.47. The molecule has 0 N–H and O–H groups in total. The lowest BCUT2D eigenvalue weighted by atomic mass is 10.1. The molecule has 0 bridgehead atoms. The fraction of sp³-hybridized carbons (Fsp3) is 0.375. The van der Waals surface area contributed by atoms with Crippen molar-refractivity contribution in [2.45, 2.75) is 19.6 Å². The normalized spacial score (nSPS) is 17.7. The highest BCUT2D eigenvalue weighted by Gasteiger charge is 2.21. The first kappa shape index (κ1) is 16.1. The monoisotopic (exact) mass is 330 g/mol. The van der Waals surface area contributed by atoms with Gasteiger partial charge in [0.15, 0.2) is 0 Å². The minimum absolute atomic E-state index is 0.00324. The number of carbonyl (C=O) groups is 1. The smallest absolute Gasteiger partial charge is 0.269 e. The molecule has 1 amide bonds. The largest absolute Gasteiger partial charge is 0.375 e. The predicted molar refractivity (Wildman–Crippen MR) is 86.3 cm³/mol. The van der Waals surface area contributed by atoms with E-state index < -0.39 is 4.92 Å². The number of amides is 1. The van der Waals surface area contributed by atoms with Crippen LogP contribution in [0.4, 0.5) is 5.69 Å². The summed E-state index contributed by atoms with van der Waals surface area (Å²) in [4.78, 5) is 24.3. The van der Waals surface area contributed by atoms with Crippen LogP contribution >= 0.6 is 0 Å². The first-order valence-corrected chi connectivity index (χ1v) is 7.69. The topological polar surface area (TPSA) is 90.5 Å². The Hall–Kier alpha value is -2.74. The van der Waals surface area contributed by atoms with Crippen molar-refractivity contribution in [1.82, 2.24) is 14.7 Å². The molecule has 1 saturated heterocycles. The molecule has 1 aliphatic rings. The van der Waals surface area contributed by atoms with Crippen LogP contribution in [0.2, 0.25) is 0 Å². The Balaban J connectivity index is 1.66. The van der Waals surface area contributed by atoms with E-state index >= 15 is 0 Å². The third-order valence-electron chi connectivity index (χ3n) is 3.94. The molecule has 0 radical (unpaired) electrons. The number of morpholine rings is 1. The molecule has 8 heteroatoms. The number of aromatic nitrogens is 2. The van der Waals surface area contributed by atoms with Crippen LogP contribution in [0.5, 0.6) is 0 Å². The van der Waals surface area contributed by atoms with E-state index in [2.05, 4.69) is 5.10 Å². The van der Waals surface area contributed by atoms with Crippen molar-refractivity contribution in [2.75, 3.05) is 19.7 Å². The van der Waals surface area contributed by atoms with E-state index in [0.29, 0.717) is 19.7 Å². The van der Waals surface area contributed by atoms with Gasteiger partial charge in [-0.3, -0.25) is 19.6 Å². The van der Waals surface area contributed by atoms with Gasteiger partial charge in [-0.2, -0.15) is 5.10 Å². The Kier molecular flexibility index (Phi) is 4.57. The van der Waals surface area contributed by atoms with Crippen molar-refractivity contribution in [2.24, 2.45) is 0 Å². The van der Waals surface area contributed by atoms with E-state index in [-0.39, 0.29) is 24.2 Å². The lowest BCUT2D eigenvalue weighted by Crippen LogP contribution is -2.45. The standard InChI is InChI=1S/C16H18N4O4/c1-12-9-18(6-7-24-12)16(21)11-19-10-14(8-17-19)13-2-4-15(5-3-13)20(22)23/h2-5,8,10,12H,6-7,9,11H2,1H3/t12-/m0/s1. The summed E-state index contributed by atoms with van der Waals surface area (Å²) < 4.78 is 7.02. The summed E-state index contributed by atoms with van der Waals surface area (Å²) in [7, 11) is 0. The van der Waals surface area contributed by atoms with Gasteiger partial charge in [-0.1, -0.05) is 0 Å². The minimum Gasteiger partial charge on any atom is -0.375 e. The lowest BCUT2D eigenvalue weighted by molar-refractivity contribution is -0.384. The van der Waals surface area contributed by atoms with Crippen LogP contribution in [0.25, 0.3) is 11.1 Å². The number of benzene rings is 1. The Morgan fingerprint density at radius 3 is 2.79 bits per heavy atom. The molecule has 1 aromatic carbocycles. The van der Waals surface area contributed by atoms with E-state index in [1.165, 1.54) is 12.1 Å². The van der Waals surface area contributed by atoms with E-state index in [0.717, 1.165) is 11.1 Å². The number of hydrogen-bond donors (Lipinski definition) is 0. The van der Waals surface area contributed by atoms with Crippen LogP contribution in [-0.4, -0.2) is 51.3 Å². The van der Waals surface area contributed by atoms with Crippen molar-refractivity contribution >= 4 is 11.6 Å². The Labute approximate surface area is 138 Å². The maximum absolute atomic E-state index is 12.3. The molecule has 0 saturated carbocycles. The minimum atomic E-state index is -0.435.